The molecule has 0 aliphatic rings. The van der Waals surface area contributed by atoms with Crippen LogP contribution in [0.25, 0.3) is 0 Å². The van der Waals surface area contributed by atoms with Gasteiger partial charge in [0.05, 0.1) is 10.7 Å². The van der Waals surface area contributed by atoms with Gasteiger partial charge in [0.1, 0.15) is 0 Å². The number of hydrogen-bond donors (Lipinski definition) is 0. The second-order valence-electron chi connectivity index (χ2n) is 3.48. The standard InChI is InChI=1S/C9H15BrN2/c1-7(2)4-5-12-8(3)9(10)6-11-12/h6-7H,4-5H2,1-3H3. The molecule has 0 unspecified atom stereocenters. The molecule has 0 radical (unpaired) electrons. The molecule has 12 heavy (non-hydrogen) atoms. The van der Waals surface area contributed by atoms with Crippen molar-refractivity contribution in [1.29, 1.82) is 0 Å². The summed E-state index contributed by atoms with van der Waals surface area (Å²) >= 11 is 3.44. The Morgan fingerprint density at radius 2 is 2.25 bits per heavy atom. The van der Waals surface area contributed by atoms with Crippen molar-refractivity contribution in [1.82, 2.24) is 9.78 Å². The number of hydrogen-bond acceptors (Lipinski definition) is 1. The molecule has 3 heteroatoms. The summed E-state index contributed by atoms with van der Waals surface area (Å²) in [6, 6.07) is 0. The lowest BCUT2D eigenvalue weighted by Gasteiger charge is -2.06. The Morgan fingerprint density at radius 1 is 1.58 bits per heavy atom. The summed E-state index contributed by atoms with van der Waals surface area (Å²) in [4.78, 5) is 0. The number of aryl methyl sites for hydroxylation is 1. The van der Waals surface area contributed by atoms with Gasteiger partial charge in [-0.15, -0.1) is 0 Å². The summed E-state index contributed by atoms with van der Waals surface area (Å²) in [5, 5.41) is 4.26. The first kappa shape index (κ1) is 9.78. The van der Waals surface area contributed by atoms with Crippen LogP contribution in [0.3, 0.4) is 0 Å². The van der Waals surface area contributed by atoms with Crippen LogP contribution in [0.2, 0.25) is 0 Å². The van der Waals surface area contributed by atoms with Crippen molar-refractivity contribution in [2.75, 3.05) is 0 Å². The van der Waals surface area contributed by atoms with E-state index in [1.807, 2.05) is 10.9 Å². The average molecular weight is 231 g/mol. The normalized spacial score (nSPS) is 11.1. The van der Waals surface area contributed by atoms with Gasteiger partial charge in [-0.2, -0.15) is 5.10 Å². The van der Waals surface area contributed by atoms with Crippen LogP contribution in [0.15, 0.2) is 10.7 Å². The van der Waals surface area contributed by atoms with Gasteiger partial charge >= 0.3 is 0 Å². The van der Waals surface area contributed by atoms with Gasteiger partial charge in [-0.05, 0) is 35.2 Å². The predicted molar refractivity (Wildman–Crippen MR) is 54.1 cm³/mol. The largest absolute Gasteiger partial charge is 0.269 e. The van der Waals surface area contributed by atoms with Crippen molar-refractivity contribution in [3.8, 4) is 0 Å². The minimum atomic E-state index is 0.743. The van der Waals surface area contributed by atoms with E-state index in [2.05, 4.69) is 41.8 Å². The molecular formula is C9H15BrN2. The molecule has 0 saturated heterocycles. The fraction of sp³-hybridized carbons (Fsp3) is 0.667. The smallest absolute Gasteiger partial charge is 0.0635 e. The van der Waals surface area contributed by atoms with E-state index in [0.29, 0.717) is 0 Å². The van der Waals surface area contributed by atoms with E-state index in [4.69, 9.17) is 0 Å². The van der Waals surface area contributed by atoms with Crippen molar-refractivity contribution in [3.05, 3.63) is 16.4 Å². The van der Waals surface area contributed by atoms with E-state index in [1.165, 1.54) is 12.1 Å². The third-order valence-electron chi connectivity index (χ3n) is 1.96. The lowest BCUT2D eigenvalue weighted by atomic mass is 10.1. The van der Waals surface area contributed by atoms with Crippen LogP contribution < -0.4 is 0 Å². The van der Waals surface area contributed by atoms with E-state index in [-0.39, 0.29) is 0 Å². The molecule has 0 aromatic carbocycles. The van der Waals surface area contributed by atoms with Crippen LogP contribution in [-0.4, -0.2) is 9.78 Å². The Morgan fingerprint density at radius 3 is 2.67 bits per heavy atom. The summed E-state index contributed by atoms with van der Waals surface area (Å²) in [6.07, 6.45) is 3.05. The minimum Gasteiger partial charge on any atom is -0.269 e. The monoisotopic (exact) mass is 230 g/mol. The molecule has 2 nitrogen and oxygen atoms in total. The summed E-state index contributed by atoms with van der Waals surface area (Å²) < 4.78 is 3.15. The summed E-state index contributed by atoms with van der Waals surface area (Å²) in [5.41, 5.74) is 1.22. The molecule has 1 aromatic rings. The van der Waals surface area contributed by atoms with E-state index in [1.54, 1.807) is 0 Å². The second kappa shape index (κ2) is 4.08. The van der Waals surface area contributed by atoms with Crippen LogP contribution in [0, 0.1) is 12.8 Å². The predicted octanol–water partition coefficient (Wildman–Crippen LogP) is 3.00. The Hall–Kier alpha value is -0.310. The topological polar surface area (TPSA) is 17.8 Å². The van der Waals surface area contributed by atoms with E-state index < -0.39 is 0 Å². The van der Waals surface area contributed by atoms with Crippen LogP contribution in [0.5, 0.6) is 0 Å². The lowest BCUT2D eigenvalue weighted by molar-refractivity contribution is 0.480. The van der Waals surface area contributed by atoms with Crippen molar-refractivity contribution < 1.29 is 0 Å². The quantitative estimate of drug-likeness (QED) is 0.781. The molecule has 0 spiro atoms. The van der Waals surface area contributed by atoms with Gasteiger partial charge in [-0.25, -0.2) is 0 Å². The highest BCUT2D eigenvalue weighted by Crippen LogP contribution is 2.15. The van der Waals surface area contributed by atoms with E-state index in [0.717, 1.165) is 16.9 Å². The molecule has 0 saturated carbocycles. The molecule has 68 valence electrons. The fourth-order valence-electron chi connectivity index (χ4n) is 1.03. The molecule has 0 atom stereocenters. The molecule has 0 bridgehead atoms. The SMILES string of the molecule is Cc1c(Br)cnn1CCC(C)C. The van der Waals surface area contributed by atoms with Crippen molar-refractivity contribution in [3.63, 3.8) is 0 Å². The zero-order chi connectivity index (χ0) is 9.14. The maximum Gasteiger partial charge on any atom is 0.0635 e. The molecule has 0 N–H and O–H groups in total. The van der Waals surface area contributed by atoms with Gasteiger partial charge in [0.2, 0.25) is 0 Å². The first-order valence-electron chi connectivity index (χ1n) is 4.29. The molecule has 0 amide bonds. The van der Waals surface area contributed by atoms with Crippen molar-refractivity contribution in [2.45, 2.75) is 33.7 Å². The fourth-order valence-corrected chi connectivity index (χ4v) is 1.33. The van der Waals surface area contributed by atoms with E-state index in [9.17, 15) is 0 Å². The zero-order valence-corrected chi connectivity index (χ0v) is 9.43. The highest BCUT2D eigenvalue weighted by Gasteiger charge is 2.03. The van der Waals surface area contributed by atoms with Crippen LogP contribution in [-0.2, 0) is 6.54 Å². The molecule has 0 fully saturated rings. The van der Waals surface area contributed by atoms with Crippen LogP contribution in [0.1, 0.15) is 26.0 Å². The molecule has 0 aliphatic heterocycles. The van der Waals surface area contributed by atoms with Gasteiger partial charge in [-0.1, -0.05) is 13.8 Å². The number of rotatable bonds is 3. The second-order valence-corrected chi connectivity index (χ2v) is 4.34. The van der Waals surface area contributed by atoms with Gasteiger partial charge < -0.3 is 0 Å². The van der Waals surface area contributed by atoms with Gasteiger partial charge in [0, 0.05) is 12.2 Å². The molecule has 1 heterocycles. The van der Waals surface area contributed by atoms with Gasteiger partial charge in [0.15, 0.2) is 0 Å². The molecular weight excluding hydrogens is 216 g/mol. The summed E-state index contributed by atoms with van der Waals surface area (Å²) in [5.74, 6) is 0.743. The van der Waals surface area contributed by atoms with Crippen molar-refractivity contribution in [2.24, 2.45) is 5.92 Å². The Balaban J connectivity index is 2.58. The maximum atomic E-state index is 4.26. The number of halogens is 1. The Labute approximate surface area is 82.1 Å². The Bertz CT molecular complexity index is 253. The van der Waals surface area contributed by atoms with Crippen molar-refractivity contribution >= 4 is 15.9 Å². The van der Waals surface area contributed by atoms with Crippen LogP contribution >= 0.6 is 15.9 Å². The van der Waals surface area contributed by atoms with Crippen LogP contribution in [0.4, 0.5) is 0 Å². The highest BCUT2D eigenvalue weighted by molar-refractivity contribution is 9.10. The first-order chi connectivity index (χ1) is 5.61. The summed E-state index contributed by atoms with van der Waals surface area (Å²) in [6.45, 7) is 7.56. The number of nitrogens with zero attached hydrogens (tertiary/aromatic N) is 2. The average Bonchev–Trinajstić information content (AvgIpc) is 2.30. The first-order valence-corrected chi connectivity index (χ1v) is 5.08. The molecule has 0 aliphatic carbocycles. The van der Waals surface area contributed by atoms with E-state index >= 15 is 0 Å². The minimum absolute atomic E-state index is 0.743. The number of aromatic nitrogens is 2. The zero-order valence-electron chi connectivity index (χ0n) is 7.84. The molecule has 1 aromatic heterocycles. The van der Waals surface area contributed by atoms with Gasteiger partial charge in [0.25, 0.3) is 0 Å². The lowest BCUT2D eigenvalue weighted by Crippen LogP contribution is -2.04. The molecule has 1 rings (SSSR count). The highest BCUT2D eigenvalue weighted by atomic mass is 79.9. The third kappa shape index (κ3) is 2.34. The Kier molecular flexibility index (Phi) is 3.32. The third-order valence-corrected chi connectivity index (χ3v) is 2.74. The van der Waals surface area contributed by atoms with Gasteiger partial charge in [-0.3, -0.25) is 4.68 Å². The summed E-state index contributed by atoms with van der Waals surface area (Å²) in [7, 11) is 0. The maximum absolute atomic E-state index is 4.26.